The van der Waals surface area contributed by atoms with Gasteiger partial charge in [-0.3, -0.25) is 4.90 Å². The predicted octanol–water partition coefficient (Wildman–Crippen LogP) is 1.64. The average molecular weight is 305 g/mol. The molecule has 1 saturated heterocycles. The van der Waals surface area contributed by atoms with Crippen molar-refractivity contribution in [3.05, 3.63) is 29.4 Å². The number of aryl methyl sites for hydroxylation is 1. The molecule has 3 rings (SSSR count). The molecule has 0 spiro atoms. The van der Waals surface area contributed by atoms with Gasteiger partial charge in [0.25, 0.3) is 0 Å². The minimum Gasteiger partial charge on any atom is -0.382 e. The van der Waals surface area contributed by atoms with Gasteiger partial charge in [-0.05, 0) is 40.2 Å². The zero-order valence-corrected chi connectivity index (χ0v) is 13.4. The van der Waals surface area contributed by atoms with Crippen molar-refractivity contribution < 1.29 is 9.63 Å². The molecular weight excluding hydrogens is 282 g/mol. The molecule has 0 amide bonds. The van der Waals surface area contributed by atoms with Crippen LogP contribution in [0.2, 0.25) is 0 Å². The van der Waals surface area contributed by atoms with Crippen LogP contribution in [0.4, 0.5) is 0 Å². The van der Waals surface area contributed by atoms with Crippen LogP contribution in [0.3, 0.4) is 0 Å². The van der Waals surface area contributed by atoms with E-state index < -0.39 is 5.60 Å². The molecule has 7 heteroatoms. The number of β-amino-alcohol motifs (C(OH)–C–C–N with tert-alkyl or cyclic N) is 1. The summed E-state index contributed by atoms with van der Waals surface area (Å²) in [6, 6.07) is 0.240. The lowest BCUT2D eigenvalue weighted by Crippen LogP contribution is -2.46. The molecule has 1 fully saturated rings. The second kappa shape index (κ2) is 5.81. The summed E-state index contributed by atoms with van der Waals surface area (Å²) in [5.41, 5.74) is 0.791. The molecule has 1 N–H and O–H groups in total. The number of hydrogen-bond donors (Lipinski definition) is 1. The molecule has 3 heterocycles. The Balaban J connectivity index is 1.74. The SMILES string of the molecule is Cc1oncc1CN1CCCC(O)(c2cn(C(C)C)nn2)C1. The van der Waals surface area contributed by atoms with E-state index in [0.29, 0.717) is 18.7 Å². The van der Waals surface area contributed by atoms with Crippen molar-refractivity contribution in [2.75, 3.05) is 13.1 Å². The minimum absolute atomic E-state index is 0.240. The zero-order valence-electron chi connectivity index (χ0n) is 13.4. The summed E-state index contributed by atoms with van der Waals surface area (Å²) in [6.07, 6.45) is 5.25. The van der Waals surface area contributed by atoms with Crippen LogP contribution >= 0.6 is 0 Å². The summed E-state index contributed by atoms with van der Waals surface area (Å²) in [7, 11) is 0. The Bertz CT molecular complexity index is 635. The van der Waals surface area contributed by atoms with Crippen molar-refractivity contribution in [3.8, 4) is 0 Å². The van der Waals surface area contributed by atoms with Crippen molar-refractivity contribution in [2.24, 2.45) is 0 Å². The van der Waals surface area contributed by atoms with Crippen molar-refractivity contribution >= 4 is 0 Å². The highest BCUT2D eigenvalue weighted by molar-refractivity contribution is 5.14. The van der Waals surface area contributed by atoms with E-state index in [1.165, 1.54) is 0 Å². The molecule has 0 saturated carbocycles. The van der Waals surface area contributed by atoms with Gasteiger partial charge < -0.3 is 9.63 Å². The lowest BCUT2D eigenvalue weighted by atomic mass is 9.90. The van der Waals surface area contributed by atoms with Crippen molar-refractivity contribution in [1.82, 2.24) is 25.1 Å². The second-order valence-corrected chi connectivity index (χ2v) is 6.43. The Morgan fingerprint density at radius 2 is 2.27 bits per heavy atom. The Kier molecular flexibility index (Phi) is 4.01. The van der Waals surface area contributed by atoms with Crippen LogP contribution in [0.15, 0.2) is 16.9 Å². The van der Waals surface area contributed by atoms with Gasteiger partial charge in [0.1, 0.15) is 17.1 Å². The first kappa shape index (κ1) is 15.2. The summed E-state index contributed by atoms with van der Waals surface area (Å²) in [5, 5.41) is 23.1. The number of piperidine rings is 1. The number of nitrogens with zero attached hydrogens (tertiary/aromatic N) is 5. The van der Waals surface area contributed by atoms with Gasteiger partial charge in [0, 0.05) is 24.7 Å². The molecule has 1 atom stereocenters. The fraction of sp³-hybridized carbons (Fsp3) is 0.667. The van der Waals surface area contributed by atoms with Crippen molar-refractivity contribution in [3.63, 3.8) is 0 Å². The predicted molar refractivity (Wildman–Crippen MR) is 80.1 cm³/mol. The van der Waals surface area contributed by atoms with Gasteiger partial charge in [-0.15, -0.1) is 5.10 Å². The van der Waals surface area contributed by atoms with Gasteiger partial charge in [0.2, 0.25) is 0 Å². The average Bonchev–Trinajstić information content (AvgIpc) is 3.09. The molecule has 120 valence electrons. The number of hydrogen-bond acceptors (Lipinski definition) is 6. The minimum atomic E-state index is -0.934. The third-order valence-corrected chi connectivity index (χ3v) is 4.31. The van der Waals surface area contributed by atoms with Gasteiger partial charge >= 0.3 is 0 Å². The molecule has 7 nitrogen and oxygen atoms in total. The molecule has 0 radical (unpaired) electrons. The van der Waals surface area contributed by atoms with Gasteiger partial charge in [0.15, 0.2) is 0 Å². The Morgan fingerprint density at radius 3 is 2.91 bits per heavy atom. The first-order valence-electron chi connectivity index (χ1n) is 7.75. The monoisotopic (exact) mass is 305 g/mol. The number of aromatic nitrogens is 4. The van der Waals surface area contributed by atoms with Gasteiger partial charge in [0.05, 0.1) is 12.4 Å². The van der Waals surface area contributed by atoms with E-state index in [0.717, 1.165) is 30.8 Å². The highest BCUT2D eigenvalue weighted by Crippen LogP contribution is 2.31. The first-order chi connectivity index (χ1) is 10.5. The van der Waals surface area contributed by atoms with Crippen LogP contribution in [0.25, 0.3) is 0 Å². The van der Waals surface area contributed by atoms with Crippen LogP contribution in [0.5, 0.6) is 0 Å². The van der Waals surface area contributed by atoms with Crippen LogP contribution in [-0.4, -0.2) is 43.2 Å². The largest absolute Gasteiger partial charge is 0.382 e. The molecular formula is C15H23N5O2. The summed E-state index contributed by atoms with van der Waals surface area (Å²) in [6.45, 7) is 8.23. The molecule has 2 aromatic rings. The van der Waals surface area contributed by atoms with E-state index >= 15 is 0 Å². The van der Waals surface area contributed by atoms with E-state index in [1.807, 2.05) is 27.0 Å². The Hall–Kier alpha value is -1.73. The number of likely N-dealkylation sites (tertiary alicyclic amines) is 1. The maximum Gasteiger partial charge on any atom is 0.138 e. The fourth-order valence-corrected chi connectivity index (χ4v) is 2.92. The molecule has 1 aliphatic heterocycles. The highest BCUT2D eigenvalue weighted by atomic mass is 16.5. The molecule has 0 bridgehead atoms. The van der Waals surface area contributed by atoms with E-state index in [9.17, 15) is 5.11 Å². The fourth-order valence-electron chi connectivity index (χ4n) is 2.92. The smallest absolute Gasteiger partial charge is 0.138 e. The normalized spacial score (nSPS) is 23.3. The van der Waals surface area contributed by atoms with E-state index in [1.54, 1.807) is 10.9 Å². The first-order valence-corrected chi connectivity index (χ1v) is 7.75. The summed E-state index contributed by atoms with van der Waals surface area (Å²) < 4.78 is 6.90. The van der Waals surface area contributed by atoms with Crippen LogP contribution in [0.1, 0.15) is 49.7 Å². The van der Waals surface area contributed by atoms with Crippen LogP contribution in [0, 0.1) is 6.92 Å². The molecule has 1 aliphatic rings. The van der Waals surface area contributed by atoms with Crippen LogP contribution < -0.4 is 0 Å². The zero-order chi connectivity index (χ0) is 15.7. The molecule has 0 aromatic carbocycles. The highest BCUT2D eigenvalue weighted by Gasteiger charge is 2.37. The number of aliphatic hydroxyl groups is 1. The van der Waals surface area contributed by atoms with Crippen molar-refractivity contribution in [1.29, 1.82) is 0 Å². The lowest BCUT2D eigenvalue weighted by molar-refractivity contribution is -0.0415. The summed E-state index contributed by atoms with van der Waals surface area (Å²) in [5.74, 6) is 0.833. The quantitative estimate of drug-likeness (QED) is 0.925. The topological polar surface area (TPSA) is 80.2 Å². The second-order valence-electron chi connectivity index (χ2n) is 6.43. The standard InChI is InChI=1S/C15H23N5O2/c1-11(2)20-9-14(17-18-20)15(21)5-4-6-19(10-15)8-13-7-16-22-12(13)3/h7,9,11,21H,4-6,8,10H2,1-3H3. The Labute approximate surface area is 129 Å². The maximum absolute atomic E-state index is 11.0. The van der Waals surface area contributed by atoms with Gasteiger partial charge in [-0.2, -0.15) is 0 Å². The van der Waals surface area contributed by atoms with Crippen molar-refractivity contribution in [2.45, 2.75) is 51.8 Å². The number of rotatable bonds is 4. The summed E-state index contributed by atoms with van der Waals surface area (Å²) >= 11 is 0. The third-order valence-electron chi connectivity index (χ3n) is 4.31. The van der Waals surface area contributed by atoms with E-state index in [-0.39, 0.29) is 6.04 Å². The van der Waals surface area contributed by atoms with Gasteiger partial charge in [-0.25, -0.2) is 4.68 Å². The summed E-state index contributed by atoms with van der Waals surface area (Å²) in [4.78, 5) is 2.22. The lowest BCUT2D eigenvalue weighted by Gasteiger charge is -2.37. The van der Waals surface area contributed by atoms with Gasteiger partial charge in [-0.1, -0.05) is 10.4 Å². The van der Waals surface area contributed by atoms with Crippen LogP contribution in [-0.2, 0) is 12.1 Å². The van der Waals surface area contributed by atoms with E-state index in [2.05, 4.69) is 20.4 Å². The molecule has 1 unspecified atom stereocenters. The molecule has 2 aromatic heterocycles. The maximum atomic E-state index is 11.0. The molecule has 22 heavy (non-hydrogen) atoms. The Morgan fingerprint density at radius 1 is 1.45 bits per heavy atom. The molecule has 0 aliphatic carbocycles. The third kappa shape index (κ3) is 2.91. The van der Waals surface area contributed by atoms with E-state index in [4.69, 9.17) is 4.52 Å².